The Labute approximate surface area is 275 Å². The summed E-state index contributed by atoms with van der Waals surface area (Å²) in [5.74, 6) is 1.07. The SMILES string of the molecule is C[C@@H]1COCCN1c1cc(C2(O)C(S)(S)C(S)(S)C(S)(S)C(S)(S)C2(S)S)c2cnn(-c3cc[nH]n3)c2n1. The fraction of sp³-hybridized carbons (Fsp3) is 0.550. The molecule has 0 radical (unpaired) electrons. The standard InChI is InChI=1S/C20H26N6O2S10/c1-9-8-28-5-4-25(9)13-6-11(10-7-22-26(14(10)23-13)12-2-3-21-24-12)15(27)16(29,30)18(33,34)20(37,38)19(35,36)17(15,31)32/h2-3,6-7,9,27,29-38H,4-5,8H2,1H3,(H,21,24)/t9-/m1/s1. The molecule has 2 fully saturated rings. The van der Waals surface area contributed by atoms with Crippen LogP contribution in [0.3, 0.4) is 0 Å². The highest BCUT2D eigenvalue weighted by atomic mass is 32.2. The quantitative estimate of drug-likeness (QED) is 0.152. The van der Waals surface area contributed by atoms with E-state index in [0.717, 1.165) is 0 Å². The van der Waals surface area contributed by atoms with Gasteiger partial charge in [-0.1, -0.05) is 0 Å². The van der Waals surface area contributed by atoms with Gasteiger partial charge in [-0.05, 0) is 13.0 Å². The van der Waals surface area contributed by atoms with Gasteiger partial charge in [-0.2, -0.15) is 141 Å². The number of nitrogens with zero attached hydrogens (tertiary/aromatic N) is 5. The van der Waals surface area contributed by atoms with E-state index < -0.39 is 26.0 Å². The van der Waals surface area contributed by atoms with Gasteiger partial charge < -0.3 is 14.7 Å². The van der Waals surface area contributed by atoms with Crippen molar-refractivity contribution >= 4 is 143 Å². The van der Waals surface area contributed by atoms with Crippen molar-refractivity contribution in [1.82, 2.24) is 25.0 Å². The number of morpholine rings is 1. The molecule has 3 aromatic heterocycles. The third-order valence-corrected chi connectivity index (χ3v) is 16.7. The molecule has 1 aliphatic carbocycles. The van der Waals surface area contributed by atoms with Gasteiger partial charge >= 0.3 is 0 Å². The lowest BCUT2D eigenvalue weighted by molar-refractivity contribution is -0.00772. The molecule has 2 aliphatic rings. The van der Waals surface area contributed by atoms with Crippen LogP contribution in [0.4, 0.5) is 5.82 Å². The summed E-state index contributed by atoms with van der Waals surface area (Å²) in [5.41, 5.74) is -1.43. The highest BCUT2D eigenvalue weighted by Gasteiger charge is 2.82. The van der Waals surface area contributed by atoms with Gasteiger partial charge in [0.05, 0.1) is 25.5 Å². The Bertz CT molecular complexity index is 1350. The van der Waals surface area contributed by atoms with Gasteiger partial charge in [-0.15, -0.1) is 0 Å². The summed E-state index contributed by atoms with van der Waals surface area (Å²) >= 11 is 48.0. The van der Waals surface area contributed by atoms with Gasteiger partial charge in [0, 0.05) is 29.8 Å². The molecule has 208 valence electrons. The first kappa shape index (κ1) is 30.5. The van der Waals surface area contributed by atoms with Crippen molar-refractivity contribution in [3.05, 3.63) is 30.1 Å². The van der Waals surface area contributed by atoms with E-state index in [4.69, 9.17) is 136 Å². The number of nitrogens with one attached hydrogen (secondary N) is 1. The number of anilines is 1. The van der Waals surface area contributed by atoms with Crippen LogP contribution in [-0.4, -0.2) is 76.3 Å². The maximum Gasteiger partial charge on any atom is 0.177 e. The van der Waals surface area contributed by atoms with Crippen molar-refractivity contribution in [2.24, 2.45) is 0 Å². The third kappa shape index (κ3) is 3.84. The zero-order valence-electron chi connectivity index (χ0n) is 19.6. The zero-order valence-corrected chi connectivity index (χ0v) is 28.5. The number of aliphatic hydroxyl groups is 1. The molecule has 2 N–H and O–H groups in total. The van der Waals surface area contributed by atoms with Crippen LogP contribution in [0.25, 0.3) is 16.9 Å². The molecular formula is C20H26N6O2S10. The number of ether oxygens (including phenoxy) is 1. The van der Waals surface area contributed by atoms with E-state index in [9.17, 15) is 5.11 Å². The average Bonchev–Trinajstić information content (AvgIpc) is 3.51. The predicted octanol–water partition coefficient (Wildman–Crippen LogP) is 3.35. The fourth-order valence-electron chi connectivity index (χ4n) is 4.89. The molecule has 1 saturated heterocycles. The van der Waals surface area contributed by atoms with Crippen LogP contribution in [0.2, 0.25) is 0 Å². The summed E-state index contributed by atoms with van der Waals surface area (Å²) in [7, 11) is 0. The van der Waals surface area contributed by atoms with Crippen molar-refractivity contribution in [2.45, 2.75) is 39.0 Å². The lowest BCUT2D eigenvalue weighted by Crippen LogP contribution is -2.80. The molecule has 0 aromatic carbocycles. The van der Waals surface area contributed by atoms with Gasteiger partial charge in [0.2, 0.25) is 0 Å². The molecule has 5 rings (SSSR count). The molecule has 0 bridgehead atoms. The normalized spacial score (nSPS) is 26.9. The average molecular weight is 703 g/mol. The predicted molar refractivity (Wildman–Crippen MR) is 186 cm³/mol. The molecule has 3 aromatic rings. The molecule has 0 unspecified atom stereocenters. The largest absolute Gasteiger partial charge is 0.380 e. The minimum Gasteiger partial charge on any atom is -0.380 e. The lowest BCUT2D eigenvalue weighted by Gasteiger charge is -2.69. The Morgan fingerprint density at radius 2 is 1.55 bits per heavy atom. The van der Waals surface area contributed by atoms with E-state index in [-0.39, 0.29) is 6.04 Å². The Morgan fingerprint density at radius 1 is 0.947 bits per heavy atom. The van der Waals surface area contributed by atoms with E-state index in [1.54, 1.807) is 29.2 Å². The number of aromatic nitrogens is 5. The van der Waals surface area contributed by atoms with Crippen LogP contribution in [-0.2, 0) is 10.3 Å². The van der Waals surface area contributed by atoms with E-state index in [0.29, 0.717) is 48.0 Å². The van der Waals surface area contributed by atoms with Gasteiger partial charge in [0.1, 0.15) is 31.8 Å². The number of fused-ring (bicyclic) bond motifs is 1. The molecule has 0 amide bonds. The number of aromatic amines is 1. The number of H-pyrrole nitrogens is 1. The second kappa shape index (κ2) is 9.79. The summed E-state index contributed by atoms with van der Waals surface area (Å²) < 4.78 is -1.20. The Morgan fingerprint density at radius 3 is 2.11 bits per heavy atom. The monoisotopic (exact) mass is 702 g/mol. The van der Waals surface area contributed by atoms with Crippen molar-refractivity contribution in [1.29, 1.82) is 0 Å². The molecule has 1 atom stereocenters. The lowest BCUT2D eigenvalue weighted by atomic mass is 9.74. The summed E-state index contributed by atoms with van der Waals surface area (Å²) in [5, 5.41) is 25.0. The molecule has 1 saturated carbocycles. The Kier molecular flexibility index (Phi) is 7.86. The molecule has 4 heterocycles. The molecule has 1 aliphatic heterocycles. The second-order valence-corrected chi connectivity index (χ2v) is 17.9. The van der Waals surface area contributed by atoms with Gasteiger partial charge in [-0.25, -0.2) is 4.98 Å². The second-order valence-electron chi connectivity index (χ2n) is 9.44. The van der Waals surface area contributed by atoms with E-state index in [2.05, 4.69) is 20.2 Å². The van der Waals surface area contributed by atoms with Crippen molar-refractivity contribution in [2.75, 3.05) is 24.7 Å². The van der Waals surface area contributed by atoms with E-state index in [1.807, 2.05) is 6.92 Å². The fourth-order valence-corrected chi connectivity index (χ4v) is 10.1. The molecular weight excluding hydrogens is 677 g/mol. The first-order chi connectivity index (χ1) is 17.4. The van der Waals surface area contributed by atoms with E-state index in [1.165, 1.54) is 0 Å². The smallest absolute Gasteiger partial charge is 0.177 e. The Hall–Kier alpha value is 1.05. The van der Waals surface area contributed by atoms with Gasteiger partial charge in [0.15, 0.2) is 11.5 Å². The van der Waals surface area contributed by atoms with Crippen molar-refractivity contribution in [3.63, 3.8) is 0 Å². The molecule has 0 spiro atoms. The van der Waals surface area contributed by atoms with Gasteiger partial charge in [0.25, 0.3) is 0 Å². The van der Waals surface area contributed by atoms with Crippen LogP contribution < -0.4 is 4.90 Å². The van der Waals surface area contributed by atoms with Crippen LogP contribution in [0.1, 0.15) is 12.5 Å². The third-order valence-electron chi connectivity index (χ3n) is 7.24. The first-order valence-electron chi connectivity index (χ1n) is 11.1. The molecule has 18 heteroatoms. The minimum atomic E-state index is -2.16. The minimum absolute atomic E-state index is 0.00283. The number of hydrogen-bond acceptors (Lipinski definition) is 16. The number of rotatable bonds is 3. The maximum absolute atomic E-state index is 12.9. The number of pyridine rings is 1. The Balaban J connectivity index is 1.88. The van der Waals surface area contributed by atoms with Crippen LogP contribution in [0.15, 0.2) is 24.5 Å². The highest BCUT2D eigenvalue weighted by molar-refractivity contribution is 8.16. The van der Waals surface area contributed by atoms with E-state index >= 15 is 0 Å². The zero-order chi connectivity index (χ0) is 28.1. The molecule has 8 nitrogen and oxygen atoms in total. The summed E-state index contributed by atoms with van der Waals surface area (Å²) in [4.78, 5) is 7.03. The summed E-state index contributed by atoms with van der Waals surface area (Å²) in [6, 6.07) is 3.51. The molecule has 38 heavy (non-hydrogen) atoms. The highest BCUT2D eigenvalue weighted by Crippen LogP contribution is 2.76. The van der Waals surface area contributed by atoms with Crippen LogP contribution in [0.5, 0.6) is 0 Å². The van der Waals surface area contributed by atoms with Gasteiger partial charge in [-0.3, -0.25) is 5.10 Å². The van der Waals surface area contributed by atoms with Crippen molar-refractivity contribution < 1.29 is 9.84 Å². The van der Waals surface area contributed by atoms with Crippen molar-refractivity contribution in [3.8, 4) is 5.82 Å². The first-order valence-corrected chi connectivity index (χ1v) is 15.6. The maximum atomic E-state index is 12.9. The number of thiol groups is 10. The van der Waals surface area contributed by atoms with Crippen LogP contribution >= 0.6 is 126 Å². The topological polar surface area (TPSA) is 92.1 Å². The summed E-state index contributed by atoms with van der Waals surface area (Å²) in [6.45, 7) is 3.64. The number of hydrogen-bond donors (Lipinski definition) is 12. The summed E-state index contributed by atoms with van der Waals surface area (Å²) in [6.07, 6.45) is 3.25. The van der Waals surface area contributed by atoms with Crippen LogP contribution in [0, 0.1) is 0 Å².